The number of piperidine rings is 1. The molecule has 4 nitrogen and oxygen atoms in total. The summed E-state index contributed by atoms with van der Waals surface area (Å²) in [4.78, 5) is 0. The monoisotopic (exact) mass is 450 g/mol. The molecule has 0 bridgehead atoms. The van der Waals surface area contributed by atoms with Gasteiger partial charge < -0.3 is 14.6 Å². The van der Waals surface area contributed by atoms with Crippen LogP contribution in [0.25, 0.3) is 0 Å². The molecule has 0 aromatic carbocycles. The van der Waals surface area contributed by atoms with Crippen LogP contribution in [0.4, 0.5) is 0 Å². The standard InChI is InChI=1S/C29H42N2O2/c1-16-9-26-27(30-14-16)18(3)29(33-26)8-7-21-22-6-5-20-10-25-19(15-32-31-25)13-28(20,4)24(22)11-23(21)17(2)12-29/h15-16,18,20-22,24,26-27,30H,5-14H2,1-4H3. The Morgan fingerprint density at radius 3 is 2.88 bits per heavy atom. The minimum absolute atomic E-state index is 0.0621. The molecule has 1 aromatic rings. The first-order valence-corrected chi connectivity index (χ1v) is 13.9. The molecule has 2 aliphatic heterocycles. The summed E-state index contributed by atoms with van der Waals surface area (Å²) in [6, 6.07) is 0.555. The first-order valence-electron chi connectivity index (χ1n) is 13.9. The Kier molecular flexibility index (Phi) is 4.62. The number of nitrogens with one attached hydrogen (secondary N) is 1. The Hall–Kier alpha value is -1.13. The van der Waals surface area contributed by atoms with Crippen molar-refractivity contribution in [2.75, 3.05) is 6.54 Å². The highest BCUT2D eigenvalue weighted by atomic mass is 16.5. The number of nitrogens with zero attached hydrogens (tertiary/aromatic N) is 1. The second kappa shape index (κ2) is 7.20. The number of hydrogen-bond donors (Lipinski definition) is 1. The first kappa shape index (κ1) is 21.2. The molecule has 1 N–H and O–H groups in total. The summed E-state index contributed by atoms with van der Waals surface area (Å²) in [5.74, 6) is 4.61. The lowest BCUT2D eigenvalue weighted by atomic mass is 9.52. The zero-order valence-electron chi connectivity index (χ0n) is 21.0. The Labute approximate surface area is 199 Å². The smallest absolute Gasteiger partial charge is 0.127 e. The minimum atomic E-state index is 0.0621. The molecule has 10 atom stereocenters. The maximum absolute atomic E-state index is 7.05. The van der Waals surface area contributed by atoms with E-state index < -0.39 is 0 Å². The molecule has 1 spiro atoms. The van der Waals surface area contributed by atoms with Gasteiger partial charge in [0.25, 0.3) is 0 Å². The van der Waals surface area contributed by atoms with E-state index in [0.717, 1.165) is 42.6 Å². The molecule has 10 unspecified atom stereocenters. The normalized spacial score (nSPS) is 50.9. The molecule has 4 aliphatic carbocycles. The van der Waals surface area contributed by atoms with E-state index in [4.69, 9.17) is 9.26 Å². The van der Waals surface area contributed by atoms with E-state index in [-0.39, 0.29) is 5.60 Å². The average Bonchev–Trinajstić information content (AvgIpc) is 3.43. The molecule has 2 saturated carbocycles. The zero-order valence-corrected chi connectivity index (χ0v) is 21.0. The third kappa shape index (κ3) is 2.92. The quantitative estimate of drug-likeness (QED) is 0.514. The van der Waals surface area contributed by atoms with Gasteiger partial charge in [0.1, 0.15) is 6.26 Å². The molecule has 180 valence electrons. The summed E-state index contributed by atoms with van der Waals surface area (Å²) in [6.07, 6.45) is 13.8. The van der Waals surface area contributed by atoms with Gasteiger partial charge in [-0.05, 0) is 106 Å². The second-order valence-corrected chi connectivity index (χ2v) is 13.3. The van der Waals surface area contributed by atoms with Crippen LogP contribution in [0.3, 0.4) is 0 Å². The topological polar surface area (TPSA) is 47.3 Å². The van der Waals surface area contributed by atoms with Gasteiger partial charge in [-0.25, -0.2) is 0 Å². The fourth-order valence-electron chi connectivity index (χ4n) is 9.95. The van der Waals surface area contributed by atoms with E-state index in [9.17, 15) is 0 Å². The molecule has 33 heavy (non-hydrogen) atoms. The van der Waals surface area contributed by atoms with E-state index in [1.165, 1.54) is 62.6 Å². The van der Waals surface area contributed by atoms with Crippen LogP contribution in [-0.4, -0.2) is 29.4 Å². The van der Waals surface area contributed by atoms with Crippen LogP contribution in [0.5, 0.6) is 0 Å². The zero-order chi connectivity index (χ0) is 22.5. The van der Waals surface area contributed by atoms with Gasteiger partial charge in [-0.15, -0.1) is 0 Å². The van der Waals surface area contributed by atoms with Crippen molar-refractivity contribution in [1.29, 1.82) is 0 Å². The van der Waals surface area contributed by atoms with Gasteiger partial charge in [0, 0.05) is 17.5 Å². The van der Waals surface area contributed by atoms with Crippen LogP contribution in [-0.2, 0) is 17.6 Å². The van der Waals surface area contributed by atoms with Crippen molar-refractivity contribution in [2.24, 2.45) is 40.9 Å². The molecule has 2 saturated heterocycles. The summed E-state index contributed by atoms with van der Waals surface area (Å²) >= 11 is 0. The second-order valence-electron chi connectivity index (χ2n) is 13.3. The van der Waals surface area contributed by atoms with Gasteiger partial charge in [0.05, 0.1) is 17.4 Å². The predicted molar refractivity (Wildman–Crippen MR) is 129 cm³/mol. The molecule has 1 aromatic heterocycles. The highest BCUT2D eigenvalue weighted by Gasteiger charge is 2.59. The molecule has 7 rings (SSSR count). The van der Waals surface area contributed by atoms with Crippen LogP contribution in [0.15, 0.2) is 21.9 Å². The number of ether oxygens (including phenoxy) is 1. The molecule has 0 amide bonds. The summed E-state index contributed by atoms with van der Waals surface area (Å²) in [6.45, 7) is 11.1. The number of aromatic nitrogens is 1. The van der Waals surface area contributed by atoms with E-state index in [1.54, 1.807) is 5.57 Å². The average molecular weight is 451 g/mol. The largest absolute Gasteiger partial charge is 0.369 e. The fourth-order valence-corrected chi connectivity index (χ4v) is 9.95. The fraction of sp³-hybridized carbons (Fsp3) is 0.828. The van der Waals surface area contributed by atoms with Gasteiger partial charge in [0.15, 0.2) is 0 Å². The van der Waals surface area contributed by atoms with E-state index in [1.807, 2.05) is 11.8 Å². The Balaban J connectivity index is 1.19. The molecule has 0 radical (unpaired) electrons. The number of rotatable bonds is 0. The van der Waals surface area contributed by atoms with Gasteiger partial charge in [0.2, 0.25) is 0 Å². The van der Waals surface area contributed by atoms with E-state index in [0.29, 0.717) is 23.5 Å². The lowest BCUT2D eigenvalue weighted by Crippen LogP contribution is -2.48. The van der Waals surface area contributed by atoms with Crippen molar-refractivity contribution in [3.05, 3.63) is 28.7 Å². The summed E-state index contributed by atoms with van der Waals surface area (Å²) in [5.41, 5.74) is 6.64. The van der Waals surface area contributed by atoms with Gasteiger partial charge in [-0.2, -0.15) is 0 Å². The van der Waals surface area contributed by atoms with Crippen LogP contribution < -0.4 is 5.32 Å². The predicted octanol–water partition coefficient (Wildman–Crippen LogP) is 5.71. The van der Waals surface area contributed by atoms with Gasteiger partial charge in [-0.3, -0.25) is 0 Å². The third-order valence-corrected chi connectivity index (χ3v) is 11.8. The SMILES string of the molecule is CC1=C2CC3C(CCC4Cc5nocc5CC43C)C2CCC2(C1)OC1CC(C)CNC1C2C. The Morgan fingerprint density at radius 2 is 2.00 bits per heavy atom. The number of fused-ring (bicyclic) bond motifs is 7. The first-order chi connectivity index (χ1) is 15.9. The summed E-state index contributed by atoms with van der Waals surface area (Å²) in [5, 5.41) is 8.21. The summed E-state index contributed by atoms with van der Waals surface area (Å²) < 4.78 is 12.4. The molecular formula is C29H42N2O2. The highest BCUT2D eigenvalue weighted by molar-refractivity contribution is 5.31. The van der Waals surface area contributed by atoms with Crippen molar-refractivity contribution < 1.29 is 9.26 Å². The Bertz CT molecular complexity index is 982. The Morgan fingerprint density at radius 1 is 1.12 bits per heavy atom. The van der Waals surface area contributed by atoms with Crippen molar-refractivity contribution in [3.8, 4) is 0 Å². The van der Waals surface area contributed by atoms with Crippen LogP contribution in [0, 0.1) is 40.9 Å². The highest BCUT2D eigenvalue weighted by Crippen LogP contribution is 2.64. The van der Waals surface area contributed by atoms with Crippen LogP contribution in [0.1, 0.15) is 83.9 Å². The summed E-state index contributed by atoms with van der Waals surface area (Å²) in [7, 11) is 0. The lowest BCUT2D eigenvalue weighted by Gasteiger charge is -2.52. The molecule has 6 aliphatic rings. The van der Waals surface area contributed by atoms with Gasteiger partial charge in [-0.1, -0.05) is 37.1 Å². The van der Waals surface area contributed by atoms with Crippen molar-refractivity contribution >= 4 is 0 Å². The van der Waals surface area contributed by atoms with Crippen LogP contribution >= 0.6 is 0 Å². The maximum Gasteiger partial charge on any atom is 0.127 e. The van der Waals surface area contributed by atoms with Crippen molar-refractivity contribution in [3.63, 3.8) is 0 Å². The number of allylic oxidation sites excluding steroid dienone is 1. The van der Waals surface area contributed by atoms with Crippen LogP contribution in [0.2, 0.25) is 0 Å². The molecular weight excluding hydrogens is 408 g/mol. The molecule has 4 heteroatoms. The number of hydrogen-bond acceptors (Lipinski definition) is 4. The van der Waals surface area contributed by atoms with Crippen molar-refractivity contribution in [2.45, 2.75) is 103 Å². The lowest BCUT2D eigenvalue weighted by molar-refractivity contribution is -0.0733. The molecule has 4 fully saturated rings. The minimum Gasteiger partial charge on any atom is -0.369 e. The van der Waals surface area contributed by atoms with Crippen molar-refractivity contribution in [1.82, 2.24) is 10.5 Å². The van der Waals surface area contributed by atoms with E-state index in [2.05, 4.69) is 38.2 Å². The molecule has 3 heterocycles. The van der Waals surface area contributed by atoms with Gasteiger partial charge >= 0.3 is 0 Å². The van der Waals surface area contributed by atoms with E-state index >= 15 is 0 Å². The maximum atomic E-state index is 7.05. The third-order valence-electron chi connectivity index (χ3n) is 11.8.